The molecule has 2 atom stereocenters. The molecular formula is C11H16N4O. The summed E-state index contributed by atoms with van der Waals surface area (Å²) in [6, 6.07) is 1.10. The molecule has 3 N–H and O–H groups in total. The lowest BCUT2D eigenvalue weighted by Crippen LogP contribution is -2.49. The van der Waals surface area contributed by atoms with Crippen LogP contribution in [0.1, 0.15) is 25.7 Å². The lowest BCUT2D eigenvalue weighted by Gasteiger charge is -2.37. The van der Waals surface area contributed by atoms with Gasteiger partial charge in [0.15, 0.2) is 5.82 Å². The minimum absolute atomic E-state index is 0.0881. The summed E-state index contributed by atoms with van der Waals surface area (Å²) in [6.45, 7) is 0. The van der Waals surface area contributed by atoms with E-state index >= 15 is 0 Å². The van der Waals surface area contributed by atoms with Crippen molar-refractivity contribution in [2.75, 3.05) is 4.90 Å². The maximum atomic E-state index is 11.7. The summed E-state index contributed by atoms with van der Waals surface area (Å²) in [5.41, 5.74) is 5.91. The first-order valence-corrected chi connectivity index (χ1v) is 5.83. The second-order valence-electron chi connectivity index (χ2n) is 4.77. The van der Waals surface area contributed by atoms with Crippen molar-refractivity contribution < 1.29 is 0 Å². The minimum Gasteiger partial charge on any atom is -0.346 e. The molecule has 0 aromatic carbocycles. The number of nitrogens with two attached hydrogens (primary N) is 1. The van der Waals surface area contributed by atoms with Crippen molar-refractivity contribution in [3.05, 3.63) is 22.7 Å². The third-order valence-corrected chi connectivity index (χ3v) is 3.70. The van der Waals surface area contributed by atoms with Crippen LogP contribution < -0.4 is 16.2 Å². The van der Waals surface area contributed by atoms with Gasteiger partial charge in [-0.25, -0.2) is 4.98 Å². The largest absolute Gasteiger partial charge is 0.346 e. The van der Waals surface area contributed by atoms with Gasteiger partial charge in [-0.2, -0.15) is 0 Å². The molecule has 0 radical (unpaired) electrons. The van der Waals surface area contributed by atoms with Crippen LogP contribution in [0.5, 0.6) is 0 Å². The summed E-state index contributed by atoms with van der Waals surface area (Å²) < 4.78 is 0. The van der Waals surface area contributed by atoms with Gasteiger partial charge in [0, 0.05) is 30.5 Å². The average molecular weight is 220 g/mol. The van der Waals surface area contributed by atoms with Crippen LogP contribution in [0.4, 0.5) is 5.82 Å². The number of hydrogen-bond acceptors (Lipinski definition) is 4. The zero-order valence-corrected chi connectivity index (χ0v) is 9.10. The Balaban J connectivity index is 1.97. The van der Waals surface area contributed by atoms with Crippen LogP contribution >= 0.6 is 0 Å². The van der Waals surface area contributed by atoms with Crippen LogP contribution in [0.2, 0.25) is 0 Å². The van der Waals surface area contributed by atoms with E-state index < -0.39 is 0 Å². The molecule has 1 aromatic rings. The first-order valence-electron chi connectivity index (χ1n) is 5.83. The first-order chi connectivity index (χ1) is 7.75. The first kappa shape index (κ1) is 9.84. The number of aromatic amines is 1. The predicted octanol–water partition coefficient (Wildman–Crippen LogP) is 0.228. The van der Waals surface area contributed by atoms with E-state index in [0.29, 0.717) is 17.9 Å². The Labute approximate surface area is 93.7 Å². The molecule has 0 aliphatic carbocycles. The predicted molar refractivity (Wildman–Crippen MR) is 61.4 cm³/mol. The summed E-state index contributed by atoms with van der Waals surface area (Å²) in [5, 5.41) is 0. The summed E-state index contributed by atoms with van der Waals surface area (Å²) in [4.78, 5) is 20.8. The van der Waals surface area contributed by atoms with E-state index in [-0.39, 0.29) is 11.6 Å². The highest BCUT2D eigenvalue weighted by molar-refractivity contribution is 5.41. The van der Waals surface area contributed by atoms with E-state index in [9.17, 15) is 4.79 Å². The van der Waals surface area contributed by atoms with Crippen molar-refractivity contribution >= 4 is 5.82 Å². The van der Waals surface area contributed by atoms with Gasteiger partial charge < -0.3 is 15.6 Å². The van der Waals surface area contributed by atoms with Crippen molar-refractivity contribution in [3.8, 4) is 0 Å². The summed E-state index contributed by atoms with van der Waals surface area (Å²) in [6.07, 6.45) is 7.44. The van der Waals surface area contributed by atoms with E-state index in [1.54, 1.807) is 12.4 Å². The second kappa shape index (κ2) is 3.59. The number of aromatic nitrogens is 2. The number of nitrogens with one attached hydrogen (secondary N) is 1. The number of piperidine rings is 1. The Kier molecular flexibility index (Phi) is 2.21. The van der Waals surface area contributed by atoms with Crippen LogP contribution in [0.25, 0.3) is 0 Å². The number of anilines is 1. The summed E-state index contributed by atoms with van der Waals surface area (Å²) in [5.74, 6) is 0.571. The molecule has 86 valence electrons. The maximum Gasteiger partial charge on any atom is 0.290 e. The molecule has 5 heteroatoms. The monoisotopic (exact) mass is 220 g/mol. The molecule has 5 nitrogen and oxygen atoms in total. The summed E-state index contributed by atoms with van der Waals surface area (Å²) in [7, 11) is 0. The van der Waals surface area contributed by atoms with Gasteiger partial charge in [-0.3, -0.25) is 4.79 Å². The second-order valence-corrected chi connectivity index (χ2v) is 4.77. The molecule has 1 aromatic heterocycles. The number of rotatable bonds is 1. The molecule has 2 aliphatic rings. The fraction of sp³-hybridized carbons (Fsp3) is 0.636. The van der Waals surface area contributed by atoms with Crippen LogP contribution in [-0.4, -0.2) is 28.1 Å². The molecule has 0 amide bonds. The number of H-pyrrole nitrogens is 1. The quantitative estimate of drug-likeness (QED) is 0.710. The summed E-state index contributed by atoms with van der Waals surface area (Å²) >= 11 is 0. The average Bonchev–Trinajstić information content (AvgIpc) is 2.53. The van der Waals surface area contributed by atoms with Crippen molar-refractivity contribution in [1.82, 2.24) is 9.97 Å². The third-order valence-electron chi connectivity index (χ3n) is 3.70. The highest BCUT2D eigenvalue weighted by atomic mass is 16.1. The van der Waals surface area contributed by atoms with Gasteiger partial charge in [-0.1, -0.05) is 0 Å². The highest BCUT2D eigenvalue weighted by Gasteiger charge is 2.41. The van der Waals surface area contributed by atoms with E-state index in [1.807, 2.05) is 0 Å². The Morgan fingerprint density at radius 2 is 2.06 bits per heavy atom. The van der Waals surface area contributed by atoms with Gasteiger partial charge in [-0.15, -0.1) is 0 Å². The lowest BCUT2D eigenvalue weighted by molar-refractivity contribution is 0.411. The number of nitrogens with zero attached hydrogens (tertiary/aromatic N) is 2. The van der Waals surface area contributed by atoms with Crippen LogP contribution in [-0.2, 0) is 0 Å². The number of hydrogen-bond donors (Lipinski definition) is 2. The van der Waals surface area contributed by atoms with Gasteiger partial charge in [0.2, 0.25) is 0 Å². The Bertz CT molecular complexity index is 430. The number of fused-ring (bicyclic) bond motifs is 2. The molecular weight excluding hydrogens is 204 g/mol. The van der Waals surface area contributed by atoms with E-state index in [1.165, 1.54) is 0 Å². The van der Waals surface area contributed by atoms with Crippen molar-refractivity contribution in [3.63, 3.8) is 0 Å². The van der Waals surface area contributed by atoms with Crippen molar-refractivity contribution in [2.45, 2.75) is 43.8 Å². The Morgan fingerprint density at radius 1 is 1.38 bits per heavy atom. The Hall–Kier alpha value is -1.36. The SMILES string of the molecule is NC1CC2CCC(C1)N2c1ncc[nH]c1=O. The van der Waals surface area contributed by atoms with Gasteiger partial charge in [0.05, 0.1) is 0 Å². The van der Waals surface area contributed by atoms with Crippen molar-refractivity contribution in [1.29, 1.82) is 0 Å². The molecule has 2 unspecified atom stereocenters. The molecule has 2 bridgehead atoms. The molecule has 2 fully saturated rings. The highest BCUT2D eigenvalue weighted by Crippen LogP contribution is 2.36. The fourth-order valence-electron chi connectivity index (χ4n) is 3.09. The van der Waals surface area contributed by atoms with E-state index in [4.69, 9.17) is 5.73 Å². The standard InChI is InChI=1S/C11H16N4O/c12-7-5-8-1-2-9(6-7)15(8)10-11(16)14-4-3-13-10/h3-4,7-9H,1-2,5-6,12H2,(H,14,16). The molecule has 2 aliphatic heterocycles. The molecule has 0 saturated carbocycles. The minimum atomic E-state index is -0.0881. The third kappa shape index (κ3) is 1.43. The molecule has 3 rings (SSSR count). The van der Waals surface area contributed by atoms with Gasteiger partial charge in [-0.05, 0) is 25.7 Å². The van der Waals surface area contributed by atoms with Crippen LogP contribution in [0.15, 0.2) is 17.2 Å². The molecule has 2 saturated heterocycles. The van der Waals surface area contributed by atoms with E-state index in [2.05, 4.69) is 14.9 Å². The molecule has 16 heavy (non-hydrogen) atoms. The molecule has 0 spiro atoms. The Morgan fingerprint density at radius 3 is 2.69 bits per heavy atom. The zero-order valence-electron chi connectivity index (χ0n) is 9.10. The zero-order chi connectivity index (χ0) is 11.1. The molecule has 3 heterocycles. The normalized spacial score (nSPS) is 33.1. The topological polar surface area (TPSA) is 75.0 Å². The van der Waals surface area contributed by atoms with Crippen LogP contribution in [0, 0.1) is 0 Å². The van der Waals surface area contributed by atoms with Gasteiger partial charge >= 0.3 is 0 Å². The van der Waals surface area contributed by atoms with Crippen LogP contribution in [0.3, 0.4) is 0 Å². The smallest absolute Gasteiger partial charge is 0.290 e. The van der Waals surface area contributed by atoms with E-state index in [0.717, 1.165) is 25.7 Å². The van der Waals surface area contributed by atoms with Gasteiger partial charge in [0.1, 0.15) is 0 Å². The fourth-order valence-corrected chi connectivity index (χ4v) is 3.09. The maximum absolute atomic E-state index is 11.7. The van der Waals surface area contributed by atoms with Gasteiger partial charge in [0.25, 0.3) is 5.56 Å². The lowest BCUT2D eigenvalue weighted by atomic mass is 9.98. The van der Waals surface area contributed by atoms with Crippen molar-refractivity contribution in [2.24, 2.45) is 5.73 Å².